The Morgan fingerprint density at radius 2 is 1.83 bits per heavy atom. The highest BCUT2D eigenvalue weighted by molar-refractivity contribution is 14.1. The van der Waals surface area contributed by atoms with Crippen LogP contribution in [-0.2, 0) is 24.0 Å². The fourth-order valence-corrected chi connectivity index (χ4v) is 6.24. The predicted octanol–water partition coefficient (Wildman–Crippen LogP) is 7.29. The molecule has 0 saturated carbocycles. The predicted molar refractivity (Wildman–Crippen MR) is 166 cm³/mol. The van der Waals surface area contributed by atoms with Gasteiger partial charge in [0.15, 0.2) is 5.13 Å². The Morgan fingerprint density at radius 3 is 2.49 bits per heavy atom. The number of thiazole rings is 1. The van der Waals surface area contributed by atoms with Crippen molar-refractivity contribution >= 4 is 85.1 Å². The number of nitro benzene ring substituents is 1. The summed E-state index contributed by atoms with van der Waals surface area (Å²) in [6, 6.07) is 14.6. The second kappa shape index (κ2) is 13.6. The lowest BCUT2D eigenvalue weighted by Crippen LogP contribution is -2.20. The Bertz CT molecular complexity index is 1570. The summed E-state index contributed by atoms with van der Waals surface area (Å²) in [7, 11) is 0. The van der Waals surface area contributed by atoms with Gasteiger partial charge < -0.3 is 10.1 Å². The van der Waals surface area contributed by atoms with Gasteiger partial charge in [0.05, 0.1) is 36.0 Å². The first-order valence-corrected chi connectivity index (χ1v) is 14.6. The van der Waals surface area contributed by atoms with E-state index in [-0.39, 0.29) is 24.4 Å². The van der Waals surface area contributed by atoms with Crippen molar-refractivity contribution in [3.8, 4) is 5.75 Å². The lowest BCUT2D eigenvalue weighted by molar-refractivity contribution is -0.384. The van der Waals surface area contributed by atoms with Crippen molar-refractivity contribution in [2.75, 3.05) is 5.32 Å². The molecule has 4 rings (SSSR count). The van der Waals surface area contributed by atoms with Crippen LogP contribution in [0.2, 0.25) is 0 Å². The summed E-state index contributed by atoms with van der Waals surface area (Å²) in [6.07, 6.45) is -3.03. The first kappa shape index (κ1) is 30.6. The molecule has 1 aromatic heterocycles. The van der Waals surface area contributed by atoms with Gasteiger partial charge in [-0.05, 0) is 98.8 Å². The molecular weight excluding hydrogens is 789 g/mol. The van der Waals surface area contributed by atoms with Crippen LogP contribution >= 0.6 is 56.5 Å². The van der Waals surface area contributed by atoms with Gasteiger partial charge in [0.2, 0.25) is 5.91 Å². The van der Waals surface area contributed by atoms with Crippen LogP contribution in [0.3, 0.4) is 0 Å². The zero-order chi connectivity index (χ0) is 29.6. The molecule has 0 unspecified atom stereocenters. The van der Waals surface area contributed by atoms with Crippen molar-refractivity contribution in [3.05, 3.63) is 106 Å². The number of benzene rings is 3. The van der Waals surface area contributed by atoms with E-state index in [4.69, 9.17) is 4.74 Å². The number of carbonyl (C=O) groups is 1. The van der Waals surface area contributed by atoms with Gasteiger partial charge in [-0.3, -0.25) is 14.9 Å². The van der Waals surface area contributed by atoms with E-state index >= 15 is 0 Å². The van der Waals surface area contributed by atoms with E-state index in [2.05, 4.69) is 66.0 Å². The molecule has 1 amide bonds. The van der Waals surface area contributed by atoms with E-state index in [0.29, 0.717) is 16.6 Å². The molecule has 3 aromatic carbocycles. The Morgan fingerprint density at radius 1 is 1.12 bits per heavy atom. The number of ether oxygens (including phenoxy) is 1. The molecule has 0 bridgehead atoms. The molecule has 2 N–H and O–H groups in total. The average molecular weight is 807 g/mol. The topological polar surface area (TPSA) is 119 Å². The fourth-order valence-electron chi connectivity index (χ4n) is 3.39. The van der Waals surface area contributed by atoms with Crippen LogP contribution in [0.15, 0.2) is 71.1 Å². The number of carbonyl (C=O) groups excluding carboxylic acids is 1. The van der Waals surface area contributed by atoms with E-state index < -0.39 is 22.6 Å². The minimum absolute atomic E-state index is 0.0102. The van der Waals surface area contributed by atoms with Gasteiger partial charge in [-0.25, -0.2) is 10.4 Å². The SMILES string of the molecule is O=C(Cc1csc(Nc2cccc(C(F)(F)F)c2)n1)N/N=C\c1cc(I)c(OCc2ccc([N+](=O)[O-])cc2)c(I)c1. The van der Waals surface area contributed by atoms with E-state index in [1.54, 1.807) is 17.5 Å². The summed E-state index contributed by atoms with van der Waals surface area (Å²) in [6.45, 7) is 0.237. The van der Waals surface area contributed by atoms with Crippen molar-refractivity contribution in [2.45, 2.75) is 19.2 Å². The number of non-ortho nitro benzene ring substituents is 1. The van der Waals surface area contributed by atoms with Crippen molar-refractivity contribution in [3.63, 3.8) is 0 Å². The number of nitrogens with zero attached hydrogens (tertiary/aromatic N) is 3. The molecule has 0 spiro atoms. The van der Waals surface area contributed by atoms with Crippen molar-refractivity contribution in [2.24, 2.45) is 5.10 Å². The maximum Gasteiger partial charge on any atom is 0.416 e. The Kier molecular flexibility index (Phi) is 10.1. The van der Waals surface area contributed by atoms with Gasteiger partial charge in [0.1, 0.15) is 12.4 Å². The van der Waals surface area contributed by atoms with Crippen LogP contribution in [0.1, 0.15) is 22.4 Å². The third kappa shape index (κ3) is 8.83. The molecule has 9 nitrogen and oxygen atoms in total. The van der Waals surface area contributed by atoms with Crippen LogP contribution in [0, 0.1) is 17.3 Å². The number of nitro groups is 1. The Labute approximate surface area is 262 Å². The minimum Gasteiger partial charge on any atom is -0.487 e. The number of aromatic nitrogens is 1. The number of hydrogen-bond acceptors (Lipinski definition) is 8. The Balaban J connectivity index is 1.29. The second-order valence-electron chi connectivity index (χ2n) is 8.34. The molecule has 0 atom stereocenters. The number of hydrazone groups is 1. The highest BCUT2D eigenvalue weighted by Gasteiger charge is 2.30. The van der Waals surface area contributed by atoms with Gasteiger partial charge >= 0.3 is 6.18 Å². The summed E-state index contributed by atoms with van der Waals surface area (Å²) in [5.41, 5.74) is 3.87. The number of hydrogen-bond donors (Lipinski definition) is 2. The minimum atomic E-state index is -4.45. The summed E-state index contributed by atoms with van der Waals surface area (Å²) in [5.74, 6) is 0.244. The number of rotatable bonds is 10. The maximum atomic E-state index is 12.9. The van der Waals surface area contributed by atoms with E-state index in [1.165, 1.54) is 41.8 Å². The van der Waals surface area contributed by atoms with E-state index in [1.807, 2.05) is 12.1 Å². The number of nitrogens with one attached hydrogen (secondary N) is 2. The van der Waals surface area contributed by atoms with Crippen molar-refractivity contribution in [1.29, 1.82) is 0 Å². The molecule has 212 valence electrons. The lowest BCUT2D eigenvalue weighted by atomic mass is 10.2. The monoisotopic (exact) mass is 807 g/mol. The van der Waals surface area contributed by atoms with Crippen LogP contribution in [-0.4, -0.2) is 22.0 Å². The standard InChI is InChI=1S/C26H18F3I2N5O4S/c27-26(28,29)17-2-1-3-18(10-17)33-25-34-19(14-41-25)11-23(37)35-32-12-16-8-21(30)24(22(31)9-16)40-13-15-4-6-20(7-5-15)36(38)39/h1-10,12,14H,11,13H2,(H,33,34)(H,35,37)/b32-12-. The maximum absolute atomic E-state index is 12.9. The molecule has 0 saturated heterocycles. The Hall–Kier alpha value is -3.32. The number of anilines is 2. The van der Waals surface area contributed by atoms with Crippen LogP contribution in [0.5, 0.6) is 5.75 Å². The molecular formula is C26H18F3I2N5O4S. The first-order chi connectivity index (χ1) is 19.5. The van der Waals surface area contributed by atoms with Crippen molar-refractivity contribution < 1.29 is 27.6 Å². The van der Waals surface area contributed by atoms with Crippen LogP contribution in [0.4, 0.5) is 29.7 Å². The van der Waals surface area contributed by atoms with Gasteiger partial charge in [0, 0.05) is 23.2 Å². The summed E-state index contributed by atoms with van der Waals surface area (Å²) in [4.78, 5) is 26.9. The summed E-state index contributed by atoms with van der Waals surface area (Å²) in [5, 5.41) is 19.6. The van der Waals surface area contributed by atoms with Crippen LogP contribution < -0.4 is 15.5 Å². The quantitative estimate of drug-likeness (QED) is 0.0753. The van der Waals surface area contributed by atoms with Crippen LogP contribution in [0.25, 0.3) is 0 Å². The summed E-state index contributed by atoms with van der Waals surface area (Å²) >= 11 is 5.42. The third-order valence-corrected chi connectivity index (χ3v) is 7.70. The zero-order valence-corrected chi connectivity index (χ0v) is 25.7. The molecule has 0 aliphatic rings. The van der Waals surface area contributed by atoms with Crippen molar-refractivity contribution in [1.82, 2.24) is 10.4 Å². The average Bonchev–Trinajstić information content (AvgIpc) is 3.34. The fraction of sp³-hybridized carbons (Fsp3) is 0.115. The van der Waals surface area contributed by atoms with Gasteiger partial charge in [-0.15, -0.1) is 11.3 Å². The highest BCUT2D eigenvalue weighted by atomic mass is 127. The third-order valence-electron chi connectivity index (χ3n) is 5.29. The molecule has 0 fully saturated rings. The van der Waals surface area contributed by atoms with Gasteiger partial charge in [0.25, 0.3) is 5.69 Å². The largest absolute Gasteiger partial charge is 0.487 e. The molecule has 41 heavy (non-hydrogen) atoms. The number of halogens is 5. The normalized spacial score (nSPS) is 11.4. The highest BCUT2D eigenvalue weighted by Crippen LogP contribution is 2.32. The zero-order valence-electron chi connectivity index (χ0n) is 20.6. The summed E-state index contributed by atoms with van der Waals surface area (Å²) < 4.78 is 46.3. The lowest BCUT2D eigenvalue weighted by Gasteiger charge is -2.11. The first-order valence-electron chi connectivity index (χ1n) is 11.5. The molecule has 1 heterocycles. The van der Waals surface area contributed by atoms with E-state index in [0.717, 1.165) is 30.4 Å². The smallest absolute Gasteiger partial charge is 0.416 e. The molecule has 0 aliphatic heterocycles. The van der Waals surface area contributed by atoms with E-state index in [9.17, 15) is 28.1 Å². The molecule has 4 aromatic rings. The second-order valence-corrected chi connectivity index (χ2v) is 11.5. The van der Waals surface area contributed by atoms with Gasteiger partial charge in [-0.1, -0.05) is 6.07 Å². The molecule has 0 aliphatic carbocycles. The number of amides is 1. The molecule has 0 radical (unpaired) electrons. The van der Waals surface area contributed by atoms with Gasteiger partial charge in [-0.2, -0.15) is 18.3 Å². The molecule has 15 heteroatoms. The number of alkyl halides is 3.